The van der Waals surface area contributed by atoms with Crippen LogP contribution in [0.5, 0.6) is 11.5 Å². The average Bonchev–Trinajstić information content (AvgIpc) is 3.17. The van der Waals surface area contributed by atoms with Crippen LogP contribution in [-0.4, -0.2) is 28.3 Å². The highest BCUT2D eigenvalue weighted by Crippen LogP contribution is 2.32. The molecule has 0 radical (unpaired) electrons. The van der Waals surface area contributed by atoms with Crippen LogP contribution in [-0.2, 0) is 14.3 Å². The second-order valence-corrected chi connectivity index (χ2v) is 8.52. The van der Waals surface area contributed by atoms with E-state index in [4.69, 9.17) is 32.7 Å². The number of aromatic nitrogens is 2. The van der Waals surface area contributed by atoms with Crippen LogP contribution >= 0.6 is 23.2 Å². The lowest BCUT2D eigenvalue weighted by atomic mass is 10.2. The number of anilines is 1. The fourth-order valence-electron chi connectivity index (χ4n) is 3.28. The number of esters is 1. The number of nitrogens with one attached hydrogen (secondary N) is 1. The largest absolute Gasteiger partial charge is 0.455 e. The Morgan fingerprint density at radius 2 is 1.78 bits per heavy atom. The smallest absolute Gasteiger partial charge is 0.331 e. The van der Waals surface area contributed by atoms with E-state index < -0.39 is 18.5 Å². The number of rotatable bonds is 8. The molecule has 1 N–H and O–H groups in total. The van der Waals surface area contributed by atoms with Crippen molar-refractivity contribution >= 4 is 46.8 Å². The van der Waals surface area contributed by atoms with Crippen molar-refractivity contribution in [2.75, 3.05) is 11.9 Å². The molecule has 0 aliphatic rings. The molecule has 0 spiro atoms. The van der Waals surface area contributed by atoms with Crippen LogP contribution in [0.3, 0.4) is 0 Å². The SMILES string of the molecule is Cc1nn(-c2ccc(F)cc2)c(Cl)c1/C=C/C(=O)OCC(=O)Nc1cc(Cl)ccc1Oc1ccccc1. The minimum atomic E-state index is -0.757. The van der Waals surface area contributed by atoms with Crippen molar-refractivity contribution in [3.63, 3.8) is 0 Å². The van der Waals surface area contributed by atoms with Gasteiger partial charge in [0.25, 0.3) is 5.91 Å². The molecular weight excluding hydrogens is 520 g/mol. The molecule has 0 saturated heterocycles. The second kappa shape index (κ2) is 11.7. The fourth-order valence-corrected chi connectivity index (χ4v) is 3.79. The third kappa shape index (κ3) is 6.75. The summed E-state index contributed by atoms with van der Waals surface area (Å²) in [5, 5.41) is 7.59. The molecule has 188 valence electrons. The van der Waals surface area contributed by atoms with E-state index in [9.17, 15) is 14.0 Å². The molecule has 0 unspecified atom stereocenters. The molecule has 0 aliphatic heterocycles. The normalized spacial score (nSPS) is 10.9. The molecule has 37 heavy (non-hydrogen) atoms. The summed E-state index contributed by atoms with van der Waals surface area (Å²) in [6, 6.07) is 19.5. The zero-order valence-corrected chi connectivity index (χ0v) is 21.0. The van der Waals surface area contributed by atoms with Crippen molar-refractivity contribution in [3.8, 4) is 17.2 Å². The van der Waals surface area contributed by atoms with E-state index in [-0.39, 0.29) is 11.0 Å². The fraction of sp³-hybridized carbons (Fsp3) is 0.0741. The van der Waals surface area contributed by atoms with Gasteiger partial charge in [0.05, 0.1) is 17.1 Å². The molecule has 0 atom stereocenters. The van der Waals surface area contributed by atoms with Gasteiger partial charge in [-0.05, 0) is 67.6 Å². The summed E-state index contributed by atoms with van der Waals surface area (Å²) in [6.07, 6.45) is 2.58. The Morgan fingerprint density at radius 1 is 1.05 bits per heavy atom. The van der Waals surface area contributed by atoms with Crippen molar-refractivity contribution in [2.45, 2.75) is 6.92 Å². The Balaban J connectivity index is 1.37. The van der Waals surface area contributed by atoms with Crippen LogP contribution in [0.4, 0.5) is 10.1 Å². The molecule has 0 bridgehead atoms. The molecule has 0 aliphatic carbocycles. The quantitative estimate of drug-likeness (QED) is 0.201. The van der Waals surface area contributed by atoms with Gasteiger partial charge in [-0.1, -0.05) is 41.4 Å². The maximum absolute atomic E-state index is 13.2. The van der Waals surface area contributed by atoms with Gasteiger partial charge in [0.15, 0.2) is 12.4 Å². The van der Waals surface area contributed by atoms with Gasteiger partial charge in [-0.15, -0.1) is 0 Å². The van der Waals surface area contributed by atoms with Gasteiger partial charge < -0.3 is 14.8 Å². The Morgan fingerprint density at radius 3 is 2.51 bits per heavy atom. The number of nitrogens with zero attached hydrogens (tertiary/aromatic N) is 2. The maximum Gasteiger partial charge on any atom is 0.331 e. The maximum atomic E-state index is 13.2. The molecule has 1 heterocycles. The molecule has 4 aromatic rings. The van der Waals surface area contributed by atoms with Gasteiger partial charge >= 0.3 is 5.97 Å². The Hall–Kier alpha value is -4.14. The average molecular weight is 540 g/mol. The summed E-state index contributed by atoms with van der Waals surface area (Å²) >= 11 is 12.5. The molecule has 3 aromatic carbocycles. The molecule has 0 saturated carbocycles. The van der Waals surface area contributed by atoms with Crippen LogP contribution in [0, 0.1) is 12.7 Å². The molecule has 7 nitrogen and oxygen atoms in total. The number of halogens is 3. The zero-order chi connectivity index (χ0) is 26.4. The molecule has 0 fully saturated rings. The highest BCUT2D eigenvalue weighted by atomic mass is 35.5. The zero-order valence-electron chi connectivity index (χ0n) is 19.5. The number of amides is 1. The third-order valence-electron chi connectivity index (χ3n) is 5.04. The number of hydrogen-bond acceptors (Lipinski definition) is 5. The van der Waals surface area contributed by atoms with Gasteiger partial charge in [-0.25, -0.2) is 13.9 Å². The molecule has 1 aromatic heterocycles. The van der Waals surface area contributed by atoms with E-state index in [1.54, 1.807) is 31.2 Å². The van der Waals surface area contributed by atoms with Gasteiger partial charge in [0.1, 0.15) is 16.7 Å². The van der Waals surface area contributed by atoms with Crippen molar-refractivity contribution in [1.29, 1.82) is 0 Å². The van der Waals surface area contributed by atoms with Crippen molar-refractivity contribution < 1.29 is 23.5 Å². The minimum absolute atomic E-state index is 0.234. The first-order valence-corrected chi connectivity index (χ1v) is 11.7. The highest BCUT2D eigenvalue weighted by Gasteiger charge is 2.14. The highest BCUT2D eigenvalue weighted by molar-refractivity contribution is 6.31. The summed E-state index contributed by atoms with van der Waals surface area (Å²) in [6.45, 7) is 1.17. The number of carbonyl (C=O) groups is 2. The van der Waals surface area contributed by atoms with Gasteiger partial charge in [-0.2, -0.15) is 5.10 Å². The van der Waals surface area contributed by atoms with Crippen LogP contribution in [0.2, 0.25) is 10.2 Å². The summed E-state index contributed by atoms with van der Waals surface area (Å²) < 4.78 is 25.5. The van der Waals surface area contributed by atoms with Crippen LogP contribution < -0.4 is 10.1 Å². The number of ether oxygens (including phenoxy) is 2. The molecule has 4 rings (SSSR count). The Labute approximate surface area is 222 Å². The van der Waals surface area contributed by atoms with Crippen molar-refractivity contribution in [3.05, 3.63) is 106 Å². The first-order chi connectivity index (χ1) is 17.8. The minimum Gasteiger partial charge on any atom is -0.455 e. The molecular formula is C27H20Cl2FN3O4. The number of carbonyl (C=O) groups excluding carboxylic acids is 2. The second-order valence-electron chi connectivity index (χ2n) is 7.72. The van der Waals surface area contributed by atoms with E-state index in [0.717, 1.165) is 6.08 Å². The predicted octanol–water partition coefficient (Wildman–Crippen LogP) is 6.61. The van der Waals surface area contributed by atoms with Crippen LogP contribution in [0.25, 0.3) is 11.8 Å². The lowest BCUT2D eigenvalue weighted by molar-refractivity contribution is -0.142. The number of hydrogen-bond donors (Lipinski definition) is 1. The van der Waals surface area contributed by atoms with E-state index >= 15 is 0 Å². The number of para-hydroxylation sites is 1. The summed E-state index contributed by atoms with van der Waals surface area (Å²) in [5.41, 5.74) is 1.91. The predicted molar refractivity (Wildman–Crippen MR) is 140 cm³/mol. The lowest BCUT2D eigenvalue weighted by Crippen LogP contribution is -2.20. The number of aryl methyl sites for hydroxylation is 1. The monoisotopic (exact) mass is 539 g/mol. The summed E-state index contributed by atoms with van der Waals surface area (Å²) in [5.74, 6) is -0.773. The Kier molecular flexibility index (Phi) is 8.22. The summed E-state index contributed by atoms with van der Waals surface area (Å²) in [4.78, 5) is 24.7. The molecule has 1 amide bonds. The van der Waals surface area contributed by atoms with Crippen LogP contribution in [0.15, 0.2) is 78.9 Å². The van der Waals surface area contributed by atoms with E-state index in [1.807, 2.05) is 18.2 Å². The van der Waals surface area contributed by atoms with Crippen molar-refractivity contribution in [1.82, 2.24) is 9.78 Å². The first-order valence-electron chi connectivity index (χ1n) is 11.0. The molecule has 10 heteroatoms. The van der Waals surface area contributed by atoms with E-state index in [0.29, 0.717) is 39.2 Å². The third-order valence-corrected chi connectivity index (χ3v) is 5.64. The Bertz CT molecular complexity index is 1450. The standard InChI is InChI=1S/C27H20Cl2FN3O4/c1-17-22(27(29)33(32-17)20-10-8-19(30)9-11-20)12-14-26(35)36-16-25(34)31-23-15-18(28)7-13-24(23)37-21-5-3-2-4-6-21/h2-15H,16H2,1H3,(H,31,34)/b14-12+. The number of benzene rings is 3. The summed E-state index contributed by atoms with van der Waals surface area (Å²) in [7, 11) is 0. The topological polar surface area (TPSA) is 82.5 Å². The van der Waals surface area contributed by atoms with Crippen LogP contribution in [0.1, 0.15) is 11.3 Å². The van der Waals surface area contributed by atoms with E-state index in [1.165, 1.54) is 41.1 Å². The van der Waals surface area contributed by atoms with E-state index in [2.05, 4.69) is 10.4 Å². The van der Waals surface area contributed by atoms with Gasteiger partial charge in [0.2, 0.25) is 0 Å². The first kappa shape index (κ1) is 25.9. The lowest BCUT2D eigenvalue weighted by Gasteiger charge is -2.12. The van der Waals surface area contributed by atoms with Crippen molar-refractivity contribution in [2.24, 2.45) is 0 Å². The van der Waals surface area contributed by atoms with Gasteiger partial charge in [-0.3, -0.25) is 4.79 Å². The van der Waals surface area contributed by atoms with Gasteiger partial charge in [0, 0.05) is 16.7 Å².